The highest BCUT2D eigenvalue weighted by Gasteiger charge is 2.05. The summed E-state index contributed by atoms with van der Waals surface area (Å²) >= 11 is 0. The van der Waals surface area contributed by atoms with E-state index >= 15 is 0 Å². The van der Waals surface area contributed by atoms with Gasteiger partial charge in [-0.3, -0.25) is 14.5 Å². The van der Waals surface area contributed by atoms with E-state index < -0.39 is 0 Å². The van der Waals surface area contributed by atoms with Gasteiger partial charge in [-0.15, -0.1) is 0 Å². The van der Waals surface area contributed by atoms with Gasteiger partial charge in [-0.25, -0.2) is 0 Å². The first-order valence-electron chi connectivity index (χ1n) is 7.31. The van der Waals surface area contributed by atoms with Gasteiger partial charge in [-0.05, 0) is 32.0 Å². The van der Waals surface area contributed by atoms with Gasteiger partial charge >= 0.3 is 0 Å². The molecule has 0 aliphatic heterocycles. The van der Waals surface area contributed by atoms with E-state index in [9.17, 15) is 9.59 Å². The average molecular weight is 291 g/mol. The van der Waals surface area contributed by atoms with Crippen LogP contribution in [0.15, 0.2) is 30.3 Å². The lowest BCUT2D eigenvalue weighted by Crippen LogP contribution is -2.39. The van der Waals surface area contributed by atoms with Crippen molar-refractivity contribution in [3.8, 4) is 0 Å². The highest BCUT2D eigenvalue weighted by Crippen LogP contribution is 2.02. The van der Waals surface area contributed by atoms with E-state index in [0.29, 0.717) is 19.6 Å². The van der Waals surface area contributed by atoms with Crippen LogP contribution in [0.25, 0.3) is 0 Å². The molecule has 0 saturated heterocycles. The molecule has 2 amide bonds. The summed E-state index contributed by atoms with van der Waals surface area (Å²) in [7, 11) is 1.94. The van der Waals surface area contributed by atoms with Gasteiger partial charge < -0.3 is 10.6 Å². The van der Waals surface area contributed by atoms with Crippen LogP contribution in [0.5, 0.6) is 0 Å². The van der Waals surface area contributed by atoms with E-state index in [1.807, 2.05) is 30.1 Å². The first kappa shape index (κ1) is 17.2. The second-order valence-corrected chi connectivity index (χ2v) is 5.16. The number of nitrogens with zero attached hydrogens (tertiary/aromatic N) is 1. The molecule has 0 fully saturated rings. The number of carbonyl (C=O) groups excluding carboxylic acids is 2. The van der Waals surface area contributed by atoms with Crippen molar-refractivity contribution in [1.82, 2.24) is 15.5 Å². The summed E-state index contributed by atoms with van der Waals surface area (Å²) in [6.07, 6.45) is 2.05. The first-order chi connectivity index (χ1) is 10.1. The molecule has 0 atom stereocenters. The Balaban J connectivity index is 2.08. The second kappa shape index (κ2) is 9.94. The fourth-order valence-electron chi connectivity index (χ4n) is 2.02. The number of amides is 2. The molecule has 0 bridgehead atoms. The van der Waals surface area contributed by atoms with E-state index in [4.69, 9.17) is 0 Å². The SMILES string of the molecule is CC(=O)NCCNC(=O)CN(C)CCCc1ccccc1. The molecule has 0 unspecified atom stereocenters. The number of carbonyl (C=O) groups is 2. The number of hydrogen-bond donors (Lipinski definition) is 2. The molecule has 0 spiro atoms. The van der Waals surface area contributed by atoms with Crippen molar-refractivity contribution >= 4 is 11.8 Å². The molecule has 0 aliphatic carbocycles. The van der Waals surface area contributed by atoms with Crippen molar-refractivity contribution in [1.29, 1.82) is 0 Å². The van der Waals surface area contributed by atoms with Crippen LogP contribution in [-0.4, -0.2) is 49.9 Å². The summed E-state index contributed by atoms with van der Waals surface area (Å²) in [5, 5.41) is 5.42. The number of likely N-dealkylation sites (N-methyl/N-ethyl adjacent to an activating group) is 1. The van der Waals surface area contributed by atoms with Gasteiger partial charge in [0.1, 0.15) is 0 Å². The molecule has 0 aromatic heterocycles. The number of benzene rings is 1. The Kier molecular flexibility index (Phi) is 8.12. The Morgan fingerprint density at radius 3 is 2.43 bits per heavy atom. The molecular weight excluding hydrogens is 266 g/mol. The van der Waals surface area contributed by atoms with Crippen molar-refractivity contribution in [3.05, 3.63) is 35.9 Å². The van der Waals surface area contributed by atoms with Crippen LogP contribution in [0.4, 0.5) is 0 Å². The van der Waals surface area contributed by atoms with Crippen molar-refractivity contribution < 1.29 is 9.59 Å². The van der Waals surface area contributed by atoms with Crippen LogP contribution in [0.3, 0.4) is 0 Å². The lowest BCUT2D eigenvalue weighted by Gasteiger charge is -2.16. The molecule has 0 radical (unpaired) electrons. The van der Waals surface area contributed by atoms with Crippen molar-refractivity contribution in [2.45, 2.75) is 19.8 Å². The average Bonchev–Trinajstić information content (AvgIpc) is 2.44. The molecule has 116 valence electrons. The van der Waals surface area contributed by atoms with Gasteiger partial charge in [-0.2, -0.15) is 0 Å². The second-order valence-electron chi connectivity index (χ2n) is 5.16. The predicted octanol–water partition coefficient (Wildman–Crippen LogP) is 0.803. The number of hydrogen-bond acceptors (Lipinski definition) is 3. The van der Waals surface area contributed by atoms with Gasteiger partial charge in [0, 0.05) is 20.0 Å². The fraction of sp³-hybridized carbons (Fsp3) is 0.500. The van der Waals surface area contributed by atoms with Crippen molar-refractivity contribution in [3.63, 3.8) is 0 Å². The van der Waals surface area contributed by atoms with E-state index in [1.54, 1.807) is 0 Å². The van der Waals surface area contributed by atoms with Gasteiger partial charge in [-0.1, -0.05) is 30.3 Å². The topological polar surface area (TPSA) is 61.4 Å². The smallest absolute Gasteiger partial charge is 0.234 e. The zero-order valence-electron chi connectivity index (χ0n) is 12.9. The number of rotatable bonds is 9. The fourth-order valence-corrected chi connectivity index (χ4v) is 2.02. The number of nitrogens with one attached hydrogen (secondary N) is 2. The Morgan fingerprint density at radius 1 is 1.10 bits per heavy atom. The van der Waals surface area contributed by atoms with E-state index in [2.05, 4.69) is 22.8 Å². The Morgan fingerprint density at radius 2 is 1.76 bits per heavy atom. The molecule has 1 aromatic rings. The van der Waals surface area contributed by atoms with Gasteiger partial charge in [0.15, 0.2) is 0 Å². The Labute approximate surface area is 126 Å². The molecular formula is C16H25N3O2. The normalized spacial score (nSPS) is 10.4. The summed E-state index contributed by atoms with van der Waals surface area (Å²) < 4.78 is 0. The molecule has 1 aromatic carbocycles. The predicted molar refractivity (Wildman–Crippen MR) is 84.0 cm³/mol. The van der Waals surface area contributed by atoms with Crippen LogP contribution in [-0.2, 0) is 16.0 Å². The highest BCUT2D eigenvalue weighted by atomic mass is 16.2. The van der Waals surface area contributed by atoms with Crippen LogP contribution < -0.4 is 10.6 Å². The van der Waals surface area contributed by atoms with Crippen LogP contribution in [0, 0.1) is 0 Å². The minimum Gasteiger partial charge on any atom is -0.355 e. The molecule has 5 nitrogen and oxygen atoms in total. The first-order valence-corrected chi connectivity index (χ1v) is 7.31. The summed E-state index contributed by atoms with van der Waals surface area (Å²) in [5.41, 5.74) is 1.32. The maximum Gasteiger partial charge on any atom is 0.234 e. The van der Waals surface area contributed by atoms with Gasteiger partial charge in [0.25, 0.3) is 0 Å². The maximum atomic E-state index is 11.7. The van der Waals surface area contributed by atoms with Gasteiger partial charge in [0.2, 0.25) is 11.8 Å². The summed E-state index contributed by atoms with van der Waals surface area (Å²) in [4.78, 5) is 24.3. The molecule has 0 aliphatic rings. The zero-order chi connectivity index (χ0) is 15.5. The third-order valence-corrected chi connectivity index (χ3v) is 3.08. The molecule has 1 rings (SSSR count). The minimum atomic E-state index is -0.0812. The summed E-state index contributed by atoms with van der Waals surface area (Å²) in [5.74, 6) is -0.0927. The van der Waals surface area contributed by atoms with Crippen molar-refractivity contribution in [2.75, 3.05) is 33.2 Å². The summed E-state index contributed by atoms with van der Waals surface area (Å²) in [6.45, 7) is 3.67. The van der Waals surface area contributed by atoms with E-state index in [1.165, 1.54) is 12.5 Å². The van der Waals surface area contributed by atoms with Crippen molar-refractivity contribution in [2.24, 2.45) is 0 Å². The molecule has 21 heavy (non-hydrogen) atoms. The summed E-state index contributed by atoms with van der Waals surface area (Å²) in [6, 6.07) is 10.3. The highest BCUT2D eigenvalue weighted by molar-refractivity contribution is 5.78. The van der Waals surface area contributed by atoms with Crippen LogP contribution in [0.1, 0.15) is 18.9 Å². The van der Waals surface area contributed by atoms with Gasteiger partial charge in [0.05, 0.1) is 6.54 Å². The zero-order valence-corrected chi connectivity index (χ0v) is 12.9. The minimum absolute atomic E-state index is 0.0115. The molecule has 2 N–H and O–H groups in total. The lowest BCUT2D eigenvalue weighted by molar-refractivity contribution is -0.122. The lowest BCUT2D eigenvalue weighted by atomic mass is 10.1. The van der Waals surface area contributed by atoms with Crippen LogP contribution >= 0.6 is 0 Å². The maximum absolute atomic E-state index is 11.7. The van der Waals surface area contributed by atoms with E-state index in [0.717, 1.165) is 19.4 Å². The Hall–Kier alpha value is -1.88. The molecule has 5 heteroatoms. The quantitative estimate of drug-likeness (QED) is 0.662. The third kappa shape index (κ3) is 8.81. The number of aryl methyl sites for hydroxylation is 1. The third-order valence-electron chi connectivity index (χ3n) is 3.08. The van der Waals surface area contributed by atoms with E-state index in [-0.39, 0.29) is 11.8 Å². The largest absolute Gasteiger partial charge is 0.355 e. The monoisotopic (exact) mass is 291 g/mol. The Bertz CT molecular complexity index is 434. The molecule has 0 heterocycles. The standard InChI is InChI=1S/C16H25N3O2/c1-14(20)17-10-11-18-16(21)13-19(2)12-6-9-15-7-4-3-5-8-15/h3-5,7-8H,6,9-13H2,1-2H3,(H,17,20)(H,18,21). The molecule has 0 saturated carbocycles. The van der Waals surface area contributed by atoms with Crippen LogP contribution in [0.2, 0.25) is 0 Å².